The highest BCUT2D eigenvalue weighted by Gasteiger charge is 2.23. The third-order valence-corrected chi connectivity index (χ3v) is 4.34. The van der Waals surface area contributed by atoms with Crippen molar-refractivity contribution in [1.29, 1.82) is 0 Å². The van der Waals surface area contributed by atoms with E-state index < -0.39 is 16.9 Å². The number of azo groups is 1. The van der Waals surface area contributed by atoms with Gasteiger partial charge >= 0.3 is 12.0 Å². The van der Waals surface area contributed by atoms with Crippen LogP contribution < -0.4 is 9.47 Å². The number of rotatable bonds is 9. The van der Waals surface area contributed by atoms with Gasteiger partial charge in [-0.2, -0.15) is 10.1 Å². The fourth-order valence-electron chi connectivity index (χ4n) is 2.80. The molecule has 1 atom stereocenters. The van der Waals surface area contributed by atoms with E-state index in [-0.39, 0.29) is 23.7 Å². The first kappa shape index (κ1) is 21.4. The quantitative estimate of drug-likeness (QED) is 0.306. The van der Waals surface area contributed by atoms with Crippen LogP contribution in [-0.2, 0) is 11.2 Å². The molecule has 1 N–H and O–H groups in total. The third kappa shape index (κ3) is 5.01. The Morgan fingerprint density at radius 1 is 1.23 bits per heavy atom. The number of methoxy groups -OCH3 is 2. The number of para-hydroxylation sites is 1. The molecule has 0 bridgehead atoms. The number of aromatic nitrogens is 1. The first-order valence-corrected chi connectivity index (χ1v) is 8.96. The van der Waals surface area contributed by atoms with Crippen molar-refractivity contribution >= 4 is 17.7 Å². The van der Waals surface area contributed by atoms with Crippen LogP contribution in [0.1, 0.15) is 5.56 Å². The van der Waals surface area contributed by atoms with Gasteiger partial charge in [0.15, 0.2) is 17.5 Å². The summed E-state index contributed by atoms with van der Waals surface area (Å²) < 4.78 is 15.7. The van der Waals surface area contributed by atoms with Gasteiger partial charge in [0.25, 0.3) is 5.69 Å². The largest absolute Gasteiger partial charge is 0.493 e. The predicted octanol–water partition coefficient (Wildman–Crippen LogP) is 4.05. The van der Waals surface area contributed by atoms with E-state index in [2.05, 4.69) is 15.2 Å². The molecule has 0 saturated carbocycles. The standard InChI is InChI=1S/C20H18N4O7/c1-29-17-8-7-12(10-18(17)30-2)15-11-31-20(21-15)23-22-14(19(25)26)9-13-5-3-4-6-16(13)24(27)28/h3-8,10-11,14H,9H2,1-2H3,(H,25,26). The average Bonchev–Trinajstić information content (AvgIpc) is 3.25. The Bertz CT molecular complexity index is 1130. The number of aliphatic carboxylic acids is 1. The van der Waals surface area contributed by atoms with Crippen LogP contribution in [0.25, 0.3) is 11.3 Å². The highest BCUT2D eigenvalue weighted by molar-refractivity contribution is 5.74. The number of nitro groups is 1. The van der Waals surface area contributed by atoms with E-state index in [0.29, 0.717) is 22.8 Å². The zero-order valence-corrected chi connectivity index (χ0v) is 16.6. The van der Waals surface area contributed by atoms with Gasteiger partial charge in [0, 0.05) is 23.6 Å². The van der Waals surface area contributed by atoms with E-state index in [9.17, 15) is 20.0 Å². The molecule has 0 fully saturated rings. The lowest BCUT2D eigenvalue weighted by Gasteiger charge is -2.07. The van der Waals surface area contributed by atoms with Crippen molar-refractivity contribution in [2.45, 2.75) is 12.5 Å². The number of benzene rings is 2. The zero-order valence-electron chi connectivity index (χ0n) is 16.6. The molecule has 2 aromatic carbocycles. The summed E-state index contributed by atoms with van der Waals surface area (Å²) in [4.78, 5) is 26.3. The Labute approximate surface area is 176 Å². The van der Waals surface area contributed by atoms with E-state index in [0.717, 1.165) is 0 Å². The van der Waals surface area contributed by atoms with Crippen LogP contribution in [0.5, 0.6) is 11.5 Å². The summed E-state index contributed by atoms with van der Waals surface area (Å²) in [6, 6.07) is 9.51. The summed E-state index contributed by atoms with van der Waals surface area (Å²) in [6.45, 7) is 0. The maximum Gasteiger partial charge on any atom is 0.341 e. The summed E-state index contributed by atoms with van der Waals surface area (Å²) in [5.41, 5.74) is 1.14. The van der Waals surface area contributed by atoms with Crippen molar-refractivity contribution in [1.82, 2.24) is 4.98 Å². The van der Waals surface area contributed by atoms with Crippen molar-refractivity contribution in [2.24, 2.45) is 10.2 Å². The SMILES string of the molecule is COc1ccc(-c2coc(N=NC(Cc3ccccc3[N+](=O)[O-])C(=O)O)n2)cc1OC. The summed E-state index contributed by atoms with van der Waals surface area (Å²) in [6.07, 6.45) is 1.13. The molecule has 0 aliphatic rings. The minimum absolute atomic E-state index is 0.154. The van der Waals surface area contributed by atoms with Crippen LogP contribution in [0.2, 0.25) is 0 Å². The van der Waals surface area contributed by atoms with Crippen LogP contribution in [-0.4, -0.2) is 41.2 Å². The van der Waals surface area contributed by atoms with Crippen LogP contribution in [0.4, 0.5) is 11.7 Å². The van der Waals surface area contributed by atoms with E-state index in [4.69, 9.17) is 13.9 Å². The number of carboxylic acids is 1. The van der Waals surface area contributed by atoms with E-state index in [1.54, 1.807) is 24.3 Å². The van der Waals surface area contributed by atoms with Gasteiger partial charge < -0.3 is 19.0 Å². The summed E-state index contributed by atoms with van der Waals surface area (Å²) in [5.74, 6) is -0.232. The number of nitrogens with zero attached hydrogens (tertiary/aromatic N) is 4. The lowest BCUT2D eigenvalue weighted by atomic mass is 10.0. The maximum absolute atomic E-state index is 11.6. The van der Waals surface area contributed by atoms with Gasteiger partial charge in [-0.3, -0.25) is 10.1 Å². The second kappa shape index (κ2) is 9.48. The van der Waals surface area contributed by atoms with Crippen LogP contribution in [0, 0.1) is 10.1 Å². The number of carboxylic acid groups (broad SMARTS) is 1. The van der Waals surface area contributed by atoms with Crippen molar-refractivity contribution in [3.63, 3.8) is 0 Å². The first-order chi connectivity index (χ1) is 14.9. The number of carbonyl (C=O) groups is 1. The smallest absolute Gasteiger partial charge is 0.341 e. The lowest BCUT2D eigenvalue weighted by molar-refractivity contribution is -0.385. The molecule has 11 heteroatoms. The molecular weight excluding hydrogens is 408 g/mol. The molecule has 11 nitrogen and oxygen atoms in total. The number of oxazole rings is 1. The molecular formula is C20H18N4O7. The van der Waals surface area contributed by atoms with Gasteiger partial charge in [-0.25, -0.2) is 4.79 Å². The highest BCUT2D eigenvalue weighted by atomic mass is 16.6. The Morgan fingerprint density at radius 3 is 2.65 bits per heavy atom. The Kier molecular flexibility index (Phi) is 6.55. The zero-order chi connectivity index (χ0) is 22.4. The molecule has 0 saturated heterocycles. The van der Waals surface area contributed by atoms with Crippen molar-refractivity contribution in [3.8, 4) is 22.8 Å². The molecule has 0 aliphatic carbocycles. The molecule has 31 heavy (non-hydrogen) atoms. The monoisotopic (exact) mass is 426 g/mol. The number of hydrogen-bond acceptors (Lipinski definition) is 9. The number of hydrogen-bond donors (Lipinski definition) is 1. The van der Waals surface area contributed by atoms with E-state index in [1.807, 2.05) is 0 Å². The summed E-state index contributed by atoms with van der Waals surface area (Å²) in [5, 5.41) is 28.1. The Balaban J connectivity index is 1.80. The fourth-order valence-corrected chi connectivity index (χ4v) is 2.80. The van der Waals surface area contributed by atoms with Gasteiger partial charge in [-0.1, -0.05) is 23.3 Å². The fraction of sp³-hybridized carbons (Fsp3) is 0.200. The molecule has 0 spiro atoms. The van der Waals surface area contributed by atoms with E-state index in [1.165, 1.54) is 38.7 Å². The molecule has 0 radical (unpaired) electrons. The van der Waals surface area contributed by atoms with Crippen molar-refractivity contribution < 1.29 is 28.7 Å². The minimum atomic E-state index is -1.35. The minimum Gasteiger partial charge on any atom is -0.493 e. The molecule has 1 heterocycles. The third-order valence-electron chi connectivity index (χ3n) is 4.34. The summed E-state index contributed by atoms with van der Waals surface area (Å²) in [7, 11) is 3.03. The molecule has 1 aromatic heterocycles. The molecule has 3 rings (SSSR count). The van der Waals surface area contributed by atoms with Crippen LogP contribution in [0.15, 0.2) is 63.4 Å². The van der Waals surface area contributed by atoms with Gasteiger partial charge in [0.2, 0.25) is 0 Å². The van der Waals surface area contributed by atoms with Crippen molar-refractivity contribution in [3.05, 3.63) is 64.4 Å². The van der Waals surface area contributed by atoms with Crippen molar-refractivity contribution in [2.75, 3.05) is 14.2 Å². The maximum atomic E-state index is 11.6. The second-order valence-electron chi connectivity index (χ2n) is 6.24. The Morgan fingerprint density at radius 2 is 1.97 bits per heavy atom. The van der Waals surface area contributed by atoms with Gasteiger partial charge in [0.05, 0.1) is 19.1 Å². The average molecular weight is 426 g/mol. The number of ether oxygens (including phenoxy) is 2. The first-order valence-electron chi connectivity index (χ1n) is 8.96. The second-order valence-corrected chi connectivity index (χ2v) is 6.24. The van der Waals surface area contributed by atoms with Gasteiger partial charge in [0.1, 0.15) is 12.0 Å². The molecule has 160 valence electrons. The number of nitro benzene ring substituents is 1. The molecule has 0 aliphatic heterocycles. The predicted molar refractivity (Wildman–Crippen MR) is 108 cm³/mol. The van der Waals surface area contributed by atoms with Crippen LogP contribution in [0.3, 0.4) is 0 Å². The van der Waals surface area contributed by atoms with E-state index >= 15 is 0 Å². The lowest BCUT2D eigenvalue weighted by Crippen LogP contribution is -2.20. The van der Waals surface area contributed by atoms with Gasteiger partial charge in [-0.05, 0) is 18.2 Å². The normalized spacial score (nSPS) is 11.9. The highest BCUT2D eigenvalue weighted by Crippen LogP contribution is 2.32. The van der Waals surface area contributed by atoms with Gasteiger partial charge in [-0.15, -0.1) is 0 Å². The molecule has 3 aromatic rings. The molecule has 0 amide bonds. The van der Waals surface area contributed by atoms with Crippen LogP contribution >= 0.6 is 0 Å². The summed E-state index contributed by atoms with van der Waals surface area (Å²) >= 11 is 0. The molecule has 1 unspecified atom stereocenters. The Hall–Kier alpha value is -4.28. The topological polar surface area (TPSA) is 150 Å².